The number of aliphatic hydroxyl groups excluding tert-OH is 1. The van der Waals surface area contributed by atoms with E-state index in [1.165, 1.54) is 0 Å². The summed E-state index contributed by atoms with van der Waals surface area (Å²) >= 11 is 1.97. The molecule has 106 valence electrons. The lowest BCUT2D eigenvalue weighted by atomic mass is 10.2. The van der Waals surface area contributed by atoms with Crippen molar-refractivity contribution in [3.8, 4) is 11.5 Å². The molecule has 0 fully saturated rings. The number of para-hydroxylation sites is 2. The maximum Gasteiger partial charge on any atom is 0.134 e. The Kier molecular flexibility index (Phi) is 5.39. The number of benzene rings is 2. The Balaban J connectivity index is 2.31. The summed E-state index contributed by atoms with van der Waals surface area (Å²) in [6.07, 6.45) is 0. The molecule has 0 saturated heterocycles. The summed E-state index contributed by atoms with van der Waals surface area (Å²) in [5.41, 5.74) is 1.91. The van der Waals surface area contributed by atoms with Crippen molar-refractivity contribution in [1.82, 2.24) is 4.90 Å². The van der Waals surface area contributed by atoms with Crippen LogP contribution < -0.4 is 4.74 Å². The third kappa shape index (κ3) is 3.94. The summed E-state index contributed by atoms with van der Waals surface area (Å²) in [7, 11) is 4.05. The highest BCUT2D eigenvalue weighted by Crippen LogP contribution is 2.33. The lowest BCUT2D eigenvalue weighted by molar-refractivity contribution is 0.281. The van der Waals surface area contributed by atoms with E-state index in [-0.39, 0.29) is 0 Å². The Labute approximate surface area is 133 Å². The van der Waals surface area contributed by atoms with Gasteiger partial charge in [-0.2, -0.15) is 0 Å². The molecule has 0 unspecified atom stereocenters. The van der Waals surface area contributed by atoms with Crippen LogP contribution in [0.5, 0.6) is 11.5 Å². The van der Waals surface area contributed by atoms with Crippen LogP contribution in [0.1, 0.15) is 15.2 Å². The number of alkyl halides is 1. The van der Waals surface area contributed by atoms with E-state index in [1.54, 1.807) is 0 Å². The van der Waals surface area contributed by atoms with E-state index >= 15 is 0 Å². The van der Waals surface area contributed by atoms with Crippen LogP contribution in [-0.2, 0) is 6.54 Å². The molecule has 2 rings (SSSR count). The molecule has 0 saturated carbocycles. The summed E-state index contributed by atoms with van der Waals surface area (Å²) in [6, 6.07) is 15.5. The van der Waals surface area contributed by atoms with Gasteiger partial charge in [-0.25, -0.2) is 0 Å². The van der Waals surface area contributed by atoms with Gasteiger partial charge in [-0.05, 0) is 48.8 Å². The van der Waals surface area contributed by atoms with Crippen molar-refractivity contribution < 1.29 is 9.84 Å². The summed E-state index contributed by atoms with van der Waals surface area (Å²) in [5.74, 6) is 1.52. The second-order valence-electron chi connectivity index (χ2n) is 4.82. The van der Waals surface area contributed by atoms with E-state index in [9.17, 15) is 5.11 Å². The molecule has 0 aliphatic heterocycles. The van der Waals surface area contributed by atoms with E-state index in [1.807, 2.05) is 79.2 Å². The number of halogens is 1. The minimum atomic E-state index is -0.579. The predicted molar refractivity (Wildman–Crippen MR) is 89.3 cm³/mol. The van der Waals surface area contributed by atoms with Crippen molar-refractivity contribution >= 4 is 22.6 Å². The Hall–Kier alpha value is -1.11. The van der Waals surface area contributed by atoms with Crippen molar-refractivity contribution in [2.24, 2.45) is 0 Å². The molecule has 0 radical (unpaired) electrons. The third-order valence-corrected chi connectivity index (χ3v) is 3.53. The standard InChI is InChI=1S/C16H18INO2/c1-18(2)11-12-7-3-5-9-14(12)20-15-10-6-4-8-13(15)16(17)19/h3-10,16,19H,11H2,1-2H3/t16-/m1/s1. The molecule has 0 spiro atoms. The third-order valence-electron chi connectivity index (χ3n) is 2.85. The molecule has 0 aromatic heterocycles. The van der Waals surface area contributed by atoms with E-state index in [2.05, 4.69) is 11.0 Å². The zero-order valence-electron chi connectivity index (χ0n) is 11.6. The van der Waals surface area contributed by atoms with Crippen LogP contribution in [0.3, 0.4) is 0 Å². The number of ether oxygens (including phenoxy) is 1. The molecule has 3 nitrogen and oxygen atoms in total. The van der Waals surface area contributed by atoms with Gasteiger partial charge in [-0.1, -0.05) is 36.4 Å². The smallest absolute Gasteiger partial charge is 0.134 e. The molecule has 0 heterocycles. The zero-order chi connectivity index (χ0) is 14.5. The van der Waals surface area contributed by atoms with Crippen molar-refractivity contribution in [3.63, 3.8) is 0 Å². The van der Waals surface area contributed by atoms with Crippen molar-refractivity contribution in [1.29, 1.82) is 0 Å². The van der Waals surface area contributed by atoms with E-state index < -0.39 is 4.11 Å². The van der Waals surface area contributed by atoms with Gasteiger partial charge in [0.15, 0.2) is 0 Å². The molecule has 1 atom stereocenters. The molecule has 0 aliphatic carbocycles. The van der Waals surface area contributed by atoms with Crippen molar-refractivity contribution in [3.05, 3.63) is 59.7 Å². The average molecular weight is 383 g/mol. The quantitative estimate of drug-likeness (QED) is 0.627. The van der Waals surface area contributed by atoms with Crippen LogP contribution in [0, 0.1) is 0 Å². The van der Waals surface area contributed by atoms with Gasteiger partial charge in [0.05, 0.1) is 0 Å². The van der Waals surface area contributed by atoms with Crippen molar-refractivity contribution in [2.75, 3.05) is 14.1 Å². The Morgan fingerprint density at radius 1 is 1.05 bits per heavy atom. The molecule has 2 aromatic carbocycles. The van der Waals surface area contributed by atoms with Gasteiger partial charge in [-0.15, -0.1) is 0 Å². The lowest BCUT2D eigenvalue weighted by Crippen LogP contribution is -2.11. The molecule has 0 bridgehead atoms. The van der Waals surface area contributed by atoms with Crippen LogP contribution in [0.4, 0.5) is 0 Å². The molecule has 4 heteroatoms. The summed E-state index contributed by atoms with van der Waals surface area (Å²) < 4.78 is 5.43. The highest BCUT2D eigenvalue weighted by Gasteiger charge is 2.12. The fourth-order valence-corrected chi connectivity index (χ4v) is 2.48. The zero-order valence-corrected chi connectivity index (χ0v) is 13.7. The predicted octanol–water partition coefficient (Wildman–Crippen LogP) is 3.97. The van der Waals surface area contributed by atoms with Gasteiger partial charge in [0.2, 0.25) is 0 Å². The molecule has 2 aromatic rings. The fourth-order valence-electron chi connectivity index (χ4n) is 1.96. The average Bonchev–Trinajstić information content (AvgIpc) is 2.41. The molecular formula is C16H18INO2. The first-order valence-corrected chi connectivity index (χ1v) is 7.64. The topological polar surface area (TPSA) is 32.7 Å². The number of nitrogens with zero attached hydrogens (tertiary/aromatic N) is 1. The fraction of sp³-hybridized carbons (Fsp3) is 0.250. The molecule has 1 N–H and O–H groups in total. The van der Waals surface area contributed by atoms with Crippen LogP contribution in [0.2, 0.25) is 0 Å². The molecule has 0 aliphatic rings. The van der Waals surface area contributed by atoms with Gasteiger partial charge >= 0.3 is 0 Å². The minimum absolute atomic E-state index is 0.579. The first-order valence-electron chi connectivity index (χ1n) is 6.39. The van der Waals surface area contributed by atoms with Gasteiger partial charge in [-0.3, -0.25) is 0 Å². The SMILES string of the molecule is CN(C)Cc1ccccc1Oc1ccccc1[C@@H](O)I. The Morgan fingerprint density at radius 3 is 2.30 bits per heavy atom. The van der Waals surface area contributed by atoms with Gasteiger partial charge in [0.25, 0.3) is 0 Å². The molecular weight excluding hydrogens is 365 g/mol. The summed E-state index contributed by atoms with van der Waals surface area (Å²) in [4.78, 5) is 2.10. The Morgan fingerprint density at radius 2 is 1.65 bits per heavy atom. The highest BCUT2D eigenvalue weighted by molar-refractivity contribution is 14.1. The number of hydrogen-bond acceptors (Lipinski definition) is 3. The number of hydrogen-bond donors (Lipinski definition) is 1. The van der Waals surface area contributed by atoms with Gasteiger partial charge in [0, 0.05) is 17.7 Å². The highest BCUT2D eigenvalue weighted by atomic mass is 127. The van der Waals surface area contributed by atoms with Gasteiger partial charge in [0.1, 0.15) is 15.6 Å². The van der Waals surface area contributed by atoms with Crippen molar-refractivity contribution in [2.45, 2.75) is 10.7 Å². The van der Waals surface area contributed by atoms with Crippen LogP contribution in [-0.4, -0.2) is 24.1 Å². The van der Waals surface area contributed by atoms with E-state index in [4.69, 9.17) is 4.74 Å². The molecule has 20 heavy (non-hydrogen) atoms. The summed E-state index contributed by atoms with van der Waals surface area (Å²) in [6.45, 7) is 0.811. The van der Waals surface area contributed by atoms with E-state index in [0.717, 1.165) is 23.4 Å². The maximum atomic E-state index is 9.80. The first kappa shape index (κ1) is 15.3. The second-order valence-corrected chi connectivity index (χ2v) is 6.00. The largest absolute Gasteiger partial charge is 0.457 e. The van der Waals surface area contributed by atoms with Gasteiger partial charge < -0.3 is 14.7 Å². The molecule has 0 amide bonds. The van der Waals surface area contributed by atoms with Crippen LogP contribution in [0.15, 0.2) is 48.5 Å². The normalized spacial score (nSPS) is 12.4. The van der Waals surface area contributed by atoms with E-state index in [0.29, 0.717) is 5.75 Å². The summed E-state index contributed by atoms with van der Waals surface area (Å²) in [5, 5.41) is 9.80. The first-order chi connectivity index (χ1) is 9.58. The minimum Gasteiger partial charge on any atom is -0.457 e. The van der Waals surface area contributed by atoms with Crippen LogP contribution >= 0.6 is 22.6 Å². The number of rotatable bonds is 5. The maximum absolute atomic E-state index is 9.80. The van der Waals surface area contributed by atoms with Crippen LogP contribution in [0.25, 0.3) is 0 Å². The monoisotopic (exact) mass is 383 g/mol. The second kappa shape index (κ2) is 7.06. The Bertz CT molecular complexity index is 570. The lowest BCUT2D eigenvalue weighted by Gasteiger charge is -2.17. The number of aliphatic hydroxyl groups is 1.